The fourth-order valence-electron chi connectivity index (χ4n) is 9.29. The highest BCUT2D eigenvalue weighted by atomic mass is 31.2. The van der Waals surface area contributed by atoms with Crippen LogP contribution in [0, 0.1) is 0 Å². The summed E-state index contributed by atoms with van der Waals surface area (Å²) in [5, 5.41) is 3.02. The van der Waals surface area contributed by atoms with Gasteiger partial charge in [0.15, 0.2) is 0 Å². The largest absolute Gasteiger partial charge is 0.756 e. The maximum Gasteiger partial charge on any atom is 0.306 e. The van der Waals surface area contributed by atoms with E-state index < -0.39 is 26.6 Å². The monoisotopic (exact) mass is 1110 g/mol. The highest BCUT2D eigenvalue weighted by molar-refractivity contribution is 7.45. The topological polar surface area (TPSA) is 114 Å². The van der Waals surface area contributed by atoms with Crippen molar-refractivity contribution in [1.82, 2.24) is 5.32 Å². The molecule has 0 fully saturated rings. The van der Waals surface area contributed by atoms with Gasteiger partial charge in [-0.1, -0.05) is 261 Å². The fourth-order valence-corrected chi connectivity index (χ4v) is 10.0. The number of nitrogens with one attached hydrogen (secondary N) is 1. The molecular formula is C68H125N2O7P. The van der Waals surface area contributed by atoms with Crippen LogP contribution in [0.3, 0.4) is 0 Å². The van der Waals surface area contributed by atoms with Crippen molar-refractivity contribution in [3.05, 3.63) is 72.9 Å². The van der Waals surface area contributed by atoms with Crippen LogP contribution in [0.15, 0.2) is 72.9 Å². The predicted molar refractivity (Wildman–Crippen MR) is 335 cm³/mol. The second-order valence-corrected chi connectivity index (χ2v) is 24.7. The number of phosphoric ester groups is 1. The molecule has 0 aromatic heterocycles. The van der Waals surface area contributed by atoms with Crippen LogP contribution in [0.25, 0.3) is 0 Å². The number of likely N-dealkylation sites (N-methyl/N-ethyl adjacent to an activating group) is 1. The Morgan fingerprint density at radius 1 is 0.462 bits per heavy atom. The Hall–Kier alpha value is -2.55. The summed E-state index contributed by atoms with van der Waals surface area (Å²) in [4.78, 5) is 40.0. The first-order valence-corrected chi connectivity index (χ1v) is 34.2. The van der Waals surface area contributed by atoms with Crippen LogP contribution in [-0.2, 0) is 27.9 Å². The van der Waals surface area contributed by atoms with Crippen molar-refractivity contribution >= 4 is 19.7 Å². The number of carbonyl (C=O) groups is 2. The Bertz CT molecular complexity index is 1570. The standard InChI is InChI=1S/C68H125N2O7P/c1-7-10-13-16-19-22-25-28-30-32-33-34-35-36-37-38-40-43-46-49-52-55-58-61-68(72)77-66(59-56-53-50-47-44-41-27-24-21-18-15-12-9-3)65(64-76-78(73,74)75-63-62-70(4,5)6)69-67(71)60-57-54-51-48-45-42-39-31-29-26-23-20-17-14-11-8-2/h19,22,28,30-31,33-34,39,42,45,56,59,65-66H,7-18,20-21,23-27,29,32,35-38,40-41,43-44,46-55,57-58,60-64H2,1-6H3,(H-,69,71,73,74)/b22-19-,30-28-,34-33-,39-31+,45-42+,59-56-. The van der Waals surface area contributed by atoms with Gasteiger partial charge < -0.3 is 28.5 Å². The van der Waals surface area contributed by atoms with Gasteiger partial charge in [-0.05, 0) is 96.0 Å². The Kier molecular flexibility index (Phi) is 55.8. The van der Waals surface area contributed by atoms with Gasteiger partial charge in [0.1, 0.15) is 19.3 Å². The lowest BCUT2D eigenvalue weighted by Gasteiger charge is -2.30. The van der Waals surface area contributed by atoms with E-state index in [0.717, 1.165) is 89.9 Å². The Labute approximate surface area is 483 Å². The molecule has 0 bridgehead atoms. The number of esters is 1. The molecule has 0 aliphatic carbocycles. The maximum absolute atomic E-state index is 13.5. The van der Waals surface area contributed by atoms with Gasteiger partial charge in [-0.2, -0.15) is 0 Å². The lowest BCUT2D eigenvalue weighted by atomic mass is 10.0. The van der Waals surface area contributed by atoms with Crippen LogP contribution in [0.1, 0.15) is 297 Å². The molecule has 0 rings (SSSR count). The third-order valence-electron chi connectivity index (χ3n) is 14.4. The number of unbranched alkanes of at least 4 members (excludes halogenated alkanes) is 34. The zero-order chi connectivity index (χ0) is 57.2. The van der Waals surface area contributed by atoms with E-state index >= 15 is 0 Å². The molecule has 454 valence electrons. The van der Waals surface area contributed by atoms with Crippen LogP contribution in [0.5, 0.6) is 0 Å². The molecule has 0 saturated carbocycles. The van der Waals surface area contributed by atoms with E-state index in [1.54, 1.807) is 0 Å². The van der Waals surface area contributed by atoms with Crippen molar-refractivity contribution in [2.24, 2.45) is 0 Å². The molecule has 0 saturated heterocycles. The Morgan fingerprint density at radius 3 is 1.28 bits per heavy atom. The lowest BCUT2D eigenvalue weighted by molar-refractivity contribution is -0.870. The second-order valence-electron chi connectivity index (χ2n) is 23.3. The van der Waals surface area contributed by atoms with Crippen molar-refractivity contribution in [2.45, 2.75) is 309 Å². The SMILES string of the molecule is CCCCC/C=C\C/C=C\C/C=C\CCCCCCCCCCCCC(=O)OC(/C=C\CCCCCCCCCCCCC)C(COP(=O)([O-])OCC[N+](C)(C)C)NC(=O)CCCCC/C=C/C=C/CCCCCCCCC. The third kappa shape index (κ3) is 58.1. The van der Waals surface area contributed by atoms with Gasteiger partial charge in [0.05, 0.1) is 33.8 Å². The van der Waals surface area contributed by atoms with Crippen molar-refractivity contribution in [3.63, 3.8) is 0 Å². The number of rotatable bonds is 59. The smallest absolute Gasteiger partial charge is 0.306 e. The minimum Gasteiger partial charge on any atom is -0.756 e. The molecule has 1 amide bonds. The number of amides is 1. The summed E-state index contributed by atoms with van der Waals surface area (Å²) in [6.07, 6.45) is 74.4. The van der Waals surface area contributed by atoms with Crippen molar-refractivity contribution < 1.29 is 37.3 Å². The number of nitrogens with zero attached hydrogens (tertiary/aromatic N) is 1. The number of phosphoric acid groups is 1. The Balaban J connectivity index is 5.24. The summed E-state index contributed by atoms with van der Waals surface area (Å²) in [7, 11) is 1.17. The zero-order valence-corrected chi connectivity index (χ0v) is 52.8. The summed E-state index contributed by atoms with van der Waals surface area (Å²) in [6, 6.07) is -0.906. The number of hydrogen-bond acceptors (Lipinski definition) is 7. The van der Waals surface area contributed by atoms with Crippen LogP contribution >= 0.6 is 7.82 Å². The van der Waals surface area contributed by atoms with E-state index in [0.29, 0.717) is 17.4 Å². The third-order valence-corrected chi connectivity index (χ3v) is 15.4. The van der Waals surface area contributed by atoms with Gasteiger partial charge in [0, 0.05) is 12.8 Å². The molecule has 0 aromatic rings. The van der Waals surface area contributed by atoms with Crippen LogP contribution in [0.4, 0.5) is 0 Å². The van der Waals surface area contributed by atoms with Crippen molar-refractivity contribution in [2.75, 3.05) is 40.9 Å². The molecule has 9 nitrogen and oxygen atoms in total. The molecule has 1 N–H and O–H groups in total. The summed E-state index contributed by atoms with van der Waals surface area (Å²) in [5.41, 5.74) is 0. The van der Waals surface area contributed by atoms with Crippen molar-refractivity contribution in [3.8, 4) is 0 Å². The molecule has 0 aliphatic heterocycles. The molecule has 3 unspecified atom stereocenters. The predicted octanol–water partition coefficient (Wildman–Crippen LogP) is 19.8. The maximum atomic E-state index is 13.5. The first-order valence-electron chi connectivity index (χ1n) is 32.8. The number of ether oxygens (including phenoxy) is 1. The van der Waals surface area contributed by atoms with Crippen LogP contribution in [0.2, 0.25) is 0 Å². The lowest BCUT2D eigenvalue weighted by Crippen LogP contribution is -2.47. The number of allylic oxidation sites excluding steroid dienone is 11. The number of hydrogen-bond donors (Lipinski definition) is 1. The molecule has 0 spiro atoms. The first kappa shape index (κ1) is 75.5. The molecule has 10 heteroatoms. The molecular weight excluding hydrogens is 988 g/mol. The minimum atomic E-state index is -4.71. The highest BCUT2D eigenvalue weighted by Gasteiger charge is 2.27. The van der Waals surface area contributed by atoms with Crippen LogP contribution in [-0.4, -0.2) is 69.4 Å². The molecule has 3 atom stereocenters. The summed E-state index contributed by atoms with van der Waals surface area (Å²) < 4.78 is 30.3. The van der Waals surface area contributed by atoms with Gasteiger partial charge >= 0.3 is 5.97 Å². The average molecular weight is 1110 g/mol. The minimum absolute atomic E-state index is 0.0297. The summed E-state index contributed by atoms with van der Waals surface area (Å²) in [6.45, 7) is 6.81. The van der Waals surface area contributed by atoms with E-state index in [1.807, 2.05) is 33.3 Å². The highest BCUT2D eigenvalue weighted by Crippen LogP contribution is 2.38. The van der Waals surface area contributed by atoms with E-state index in [2.05, 4.69) is 86.8 Å². The number of carbonyl (C=O) groups excluding carboxylic acids is 2. The van der Waals surface area contributed by atoms with Gasteiger partial charge in [0.2, 0.25) is 5.91 Å². The molecule has 0 heterocycles. The fraction of sp³-hybridized carbons (Fsp3) is 0.794. The van der Waals surface area contributed by atoms with Gasteiger partial charge in [-0.3, -0.25) is 14.2 Å². The summed E-state index contributed by atoms with van der Waals surface area (Å²) in [5.74, 6) is -0.571. The average Bonchev–Trinajstić information content (AvgIpc) is 3.40. The quantitative estimate of drug-likeness (QED) is 0.0161. The second kappa shape index (κ2) is 57.7. The molecule has 78 heavy (non-hydrogen) atoms. The van der Waals surface area contributed by atoms with E-state index in [4.69, 9.17) is 13.8 Å². The van der Waals surface area contributed by atoms with E-state index in [9.17, 15) is 19.0 Å². The first-order chi connectivity index (χ1) is 37.9. The molecule has 0 aromatic carbocycles. The number of quaternary nitrogens is 1. The molecule has 0 radical (unpaired) electrons. The van der Waals surface area contributed by atoms with Crippen molar-refractivity contribution in [1.29, 1.82) is 0 Å². The van der Waals surface area contributed by atoms with Crippen LogP contribution < -0.4 is 10.2 Å². The molecule has 0 aliphatic rings. The van der Waals surface area contributed by atoms with Gasteiger partial charge in [-0.15, -0.1) is 0 Å². The van der Waals surface area contributed by atoms with E-state index in [1.165, 1.54) is 167 Å². The van der Waals surface area contributed by atoms with Gasteiger partial charge in [0.25, 0.3) is 7.82 Å². The normalized spacial score (nSPS) is 14.1. The van der Waals surface area contributed by atoms with E-state index in [-0.39, 0.29) is 31.3 Å². The van der Waals surface area contributed by atoms with Gasteiger partial charge in [-0.25, -0.2) is 0 Å². The Morgan fingerprint density at radius 2 is 0.821 bits per heavy atom. The summed E-state index contributed by atoms with van der Waals surface area (Å²) >= 11 is 0. The zero-order valence-electron chi connectivity index (χ0n) is 51.9.